The van der Waals surface area contributed by atoms with Crippen LogP contribution in [0.5, 0.6) is 0 Å². The molecule has 0 unspecified atom stereocenters. The fourth-order valence-electron chi connectivity index (χ4n) is 2.26. The minimum atomic E-state index is -2.54. The highest BCUT2D eigenvalue weighted by molar-refractivity contribution is 6.09. The van der Waals surface area contributed by atoms with Crippen molar-refractivity contribution in [3.8, 4) is 0 Å². The third kappa shape index (κ3) is 2.33. The van der Waals surface area contributed by atoms with E-state index in [1.54, 1.807) is 12.1 Å². The summed E-state index contributed by atoms with van der Waals surface area (Å²) in [7, 11) is 0. The van der Waals surface area contributed by atoms with E-state index in [0.717, 1.165) is 0 Å². The summed E-state index contributed by atoms with van der Waals surface area (Å²) in [6.07, 6.45) is -1.71. The topological polar surface area (TPSA) is 99.1 Å². The quantitative estimate of drug-likeness (QED) is 0.498. The first-order valence-electron chi connectivity index (χ1n) is 6.83. The summed E-state index contributed by atoms with van der Waals surface area (Å²) in [5.74, 6) is -3.23. The lowest BCUT2D eigenvalue weighted by atomic mass is 9.85. The average Bonchev–Trinajstić information content (AvgIpc) is 2.51. The predicted octanol–water partition coefficient (Wildman–Crippen LogP) is 0.755. The van der Waals surface area contributed by atoms with Crippen molar-refractivity contribution in [2.75, 3.05) is 13.2 Å². The highest BCUT2D eigenvalue weighted by atomic mass is 16.6. The number of cyclic esters (lactones) is 1. The summed E-state index contributed by atoms with van der Waals surface area (Å²) in [5, 5.41) is 10.5. The van der Waals surface area contributed by atoms with E-state index < -0.39 is 29.6 Å². The Hall–Kier alpha value is -2.41. The fourth-order valence-corrected chi connectivity index (χ4v) is 2.26. The molecule has 0 radical (unpaired) electrons. The number of hydrogen-bond acceptors (Lipinski definition) is 7. The monoisotopic (exact) mass is 308 g/mol. The summed E-state index contributed by atoms with van der Waals surface area (Å²) >= 11 is 0. The van der Waals surface area contributed by atoms with Crippen LogP contribution < -0.4 is 0 Å². The maximum Gasteiger partial charge on any atom is 0.365 e. The molecule has 0 saturated carbocycles. The summed E-state index contributed by atoms with van der Waals surface area (Å²) in [6.45, 7) is 2.96. The van der Waals surface area contributed by atoms with E-state index >= 15 is 0 Å². The number of rotatable bonds is 4. The maximum absolute atomic E-state index is 12.2. The molecule has 0 bridgehead atoms. The van der Waals surface area contributed by atoms with Gasteiger partial charge in [-0.1, -0.05) is 18.2 Å². The first kappa shape index (κ1) is 16.0. The van der Waals surface area contributed by atoms with Crippen LogP contribution in [0.3, 0.4) is 0 Å². The number of carbonyl (C=O) groups is 3. The number of benzene rings is 1. The van der Waals surface area contributed by atoms with E-state index in [4.69, 9.17) is 14.2 Å². The molecule has 1 aromatic carbocycles. The minimum Gasteiger partial charge on any atom is -0.462 e. The zero-order valence-corrected chi connectivity index (χ0v) is 12.2. The number of esters is 3. The van der Waals surface area contributed by atoms with Crippen LogP contribution in [0.1, 0.15) is 35.9 Å². The average molecular weight is 308 g/mol. The SMILES string of the molecule is CCOC(=O)C1(C(=O)OCC)OC(=O)c2ccccc2[C@@H]1O. The Labute approximate surface area is 126 Å². The summed E-state index contributed by atoms with van der Waals surface area (Å²) in [5.41, 5.74) is -2.35. The van der Waals surface area contributed by atoms with Crippen molar-refractivity contribution >= 4 is 17.9 Å². The zero-order chi connectivity index (χ0) is 16.3. The lowest BCUT2D eigenvalue weighted by Crippen LogP contribution is -2.58. The van der Waals surface area contributed by atoms with Crippen LogP contribution in [0.15, 0.2) is 24.3 Å². The number of aliphatic hydroxyl groups is 1. The number of carbonyl (C=O) groups excluding carboxylic acids is 3. The van der Waals surface area contributed by atoms with Crippen LogP contribution >= 0.6 is 0 Å². The minimum absolute atomic E-state index is 0.0497. The second-order valence-corrected chi connectivity index (χ2v) is 4.56. The number of aliphatic hydroxyl groups excluding tert-OH is 1. The first-order chi connectivity index (χ1) is 10.5. The molecule has 7 nitrogen and oxygen atoms in total. The summed E-state index contributed by atoms with van der Waals surface area (Å²) in [4.78, 5) is 36.6. The standard InChI is InChI=1S/C15H16O7/c1-3-20-13(18)15(14(19)21-4-2)11(16)9-7-5-6-8-10(9)12(17)22-15/h5-8,11,16H,3-4H2,1-2H3/t11-/m0/s1. The molecule has 1 N–H and O–H groups in total. The van der Waals surface area contributed by atoms with Crippen molar-refractivity contribution in [1.82, 2.24) is 0 Å². The van der Waals surface area contributed by atoms with E-state index in [1.165, 1.54) is 26.0 Å². The van der Waals surface area contributed by atoms with E-state index in [2.05, 4.69) is 0 Å². The molecular weight excluding hydrogens is 292 g/mol. The molecule has 7 heteroatoms. The normalized spacial score (nSPS) is 18.9. The molecule has 0 fully saturated rings. The Morgan fingerprint density at radius 1 is 1.18 bits per heavy atom. The van der Waals surface area contributed by atoms with Crippen LogP contribution in [-0.2, 0) is 23.8 Å². The van der Waals surface area contributed by atoms with Gasteiger partial charge in [-0.15, -0.1) is 0 Å². The Morgan fingerprint density at radius 3 is 2.27 bits per heavy atom. The number of ether oxygens (including phenoxy) is 3. The van der Waals surface area contributed by atoms with Gasteiger partial charge in [0.25, 0.3) is 0 Å². The largest absolute Gasteiger partial charge is 0.462 e. The molecule has 0 amide bonds. The van der Waals surface area contributed by atoms with Crippen molar-refractivity contribution in [3.05, 3.63) is 35.4 Å². The Balaban J connectivity index is 2.57. The van der Waals surface area contributed by atoms with Crippen LogP contribution in [0.4, 0.5) is 0 Å². The molecular formula is C15H16O7. The molecule has 0 spiro atoms. The predicted molar refractivity (Wildman–Crippen MR) is 72.8 cm³/mol. The Morgan fingerprint density at radius 2 is 1.73 bits per heavy atom. The molecule has 0 aliphatic carbocycles. The van der Waals surface area contributed by atoms with Gasteiger partial charge in [0.15, 0.2) is 0 Å². The molecule has 22 heavy (non-hydrogen) atoms. The van der Waals surface area contributed by atoms with Gasteiger partial charge in [0, 0.05) is 5.56 Å². The number of hydrogen-bond donors (Lipinski definition) is 1. The van der Waals surface area contributed by atoms with Gasteiger partial charge in [-0.05, 0) is 19.9 Å². The van der Waals surface area contributed by atoms with Crippen molar-refractivity contribution < 1.29 is 33.7 Å². The lowest BCUT2D eigenvalue weighted by molar-refractivity contribution is -0.199. The van der Waals surface area contributed by atoms with Crippen LogP contribution in [0.25, 0.3) is 0 Å². The van der Waals surface area contributed by atoms with Gasteiger partial charge in [-0.2, -0.15) is 0 Å². The van der Waals surface area contributed by atoms with Crippen LogP contribution in [-0.4, -0.2) is 41.8 Å². The Bertz CT molecular complexity index is 590. The second-order valence-electron chi connectivity index (χ2n) is 4.56. The van der Waals surface area contributed by atoms with Crippen LogP contribution in [0, 0.1) is 0 Å². The maximum atomic E-state index is 12.2. The highest BCUT2D eigenvalue weighted by Crippen LogP contribution is 2.39. The molecule has 1 aliphatic heterocycles. The van der Waals surface area contributed by atoms with Gasteiger partial charge in [-0.25, -0.2) is 14.4 Å². The van der Waals surface area contributed by atoms with Gasteiger partial charge < -0.3 is 19.3 Å². The van der Waals surface area contributed by atoms with Gasteiger partial charge in [0.2, 0.25) is 0 Å². The molecule has 2 rings (SSSR count). The van der Waals surface area contributed by atoms with Crippen molar-refractivity contribution in [2.24, 2.45) is 0 Å². The summed E-state index contributed by atoms with van der Waals surface area (Å²) in [6, 6.07) is 6.02. The molecule has 118 valence electrons. The van der Waals surface area contributed by atoms with Gasteiger partial charge in [0.05, 0.1) is 18.8 Å². The lowest BCUT2D eigenvalue weighted by Gasteiger charge is -2.36. The molecule has 1 aromatic rings. The molecule has 1 atom stereocenters. The highest BCUT2D eigenvalue weighted by Gasteiger charge is 2.62. The third-order valence-corrected chi connectivity index (χ3v) is 3.27. The second kappa shape index (κ2) is 6.15. The van der Waals surface area contributed by atoms with Gasteiger partial charge in [-0.3, -0.25) is 0 Å². The molecule has 1 heterocycles. The molecule has 1 aliphatic rings. The smallest absolute Gasteiger partial charge is 0.365 e. The Kier molecular flexibility index (Phi) is 4.46. The van der Waals surface area contributed by atoms with Crippen molar-refractivity contribution in [3.63, 3.8) is 0 Å². The number of fused-ring (bicyclic) bond motifs is 1. The van der Waals surface area contributed by atoms with Crippen molar-refractivity contribution in [2.45, 2.75) is 25.6 Å². The van der Waals surface area contributed by atoms with Crippen molar-refractivity contribution in [1.29, 1.82) is 0 Å². The van der Waals surface area contributed by atoms with E-state index in [-0.39, 0.29) is 24.3 Å². The molecule has 0 aromatic heterocycles. The van der Waals surface area contributed by atoms with E-state index in [9.17, 15) is 19.5 Å². The first-order valence-corrected chi connectivity index (χ1v) is 6.83. The van der Waals surface area contributed by atoms with Crippen LogP contribution in [0.2, 0.25) is 0 Å². The van der Waals surface area contributed by atoms with E-state index in [1.807, 2.05) is 0 Å². The zero-order valence-electron chi connectivity index (χ0n) is 12.2. The van der Waals surface area contributed by atoms with Gasteiger partial charge in [0.1, 0.15) is 6.10 Å². The third-order valence-electron chi connectivity index (χ3n) is 3.27. The summed E-state index contributed by atoms with van der Waals surface area (Å²) < 4.78 is 14.6. The van der Waals surface area contributed by atoms with E-state index in [0.29, 0.717) is 0 Å². The fraction of sp³-hybridized carbons (Fsp3) is 0.400. The molecule has 0 saturated heterocycles. The van der Waals surface area contributed by atoms with Gasteiger partial charge >= 0.3 is 23.5 Å².